The molecule has 0 unspecified atom stereocenters. The predicted octanol–water partition coefficient (Wildman–Crippen LogP) is 0.766. The number of carbonyl (C=O) groups is 1. The standard InChI is InChI=1S/C17H21N3O5/c1-11-14(20-25-19-11)8-17(22)18-15-10-23-7-6-16(15)24-13-4-2-12(9-21)3-5-13/h2-5,15-16,21H,6-10H2,1H3,(H,18,22)/t15-,16-/m1/s1. The van der Waals surface area contributed by atoms with Gasteiger partial charge in [0.05, 0.1) is 32.3 Å². The van der Waals surface area contributed by atoms with E-state index in [1.165, 1.54) is 0 Å². The molecular formula is C17H21N3O5. The van der Waals surface area contributed by atoms with Crippen LogP contribution in [0.4, 0.5) is 0 Å². The number of nitrogens with zero attached hydrogens (tertiary/aromatic N) is 2. The highest BCUT2D eigenvalue weighted by Gasteiger charge is 2.29. The molecule has 0 spiro atoms. The van der Waals surface area contributed by atoms with Gasteiger partial charge in [-0.15, -0.1) is 0 Å². The Morgan fingerprint density at radius 1 is 1.36 bits per heavy atom. The van der Waals surface area contributed by atoms with Gasteiger partial charge in [-0.3, -0.25) is 4.79 Å². The van der Waals surface area contributed by atoms with Gasteiger partial charge in [-0.1, -0.05) is 22.4 Å². The molecule has 0 bridgehead atoms. The molecule has 0 saturated carbocycles. The van der Waals surface area contributed by atoms with Gasteiger partial charge < -0.3 is 19.9 Å². The summed E-state index contributed by atoms with van der Waals surface area (Å²) in [5, 5.41) is 19.4. The minimum Gasteiger partial charge on any atom is -0.488 e. The van der Waals surface area contributed by atoms with Crippen molar-refractivity contribution in [3.63, 3.8) is 0 Å². The molecule has 0 radical (unpaired) electrons. The Hall–Kier alpha value is -2.45. The number of ether oxygens (including phenoxy) is 2. The second-order valence-electron chi connectivity index (χ2n) is 5.97. The van der Waals surface area contributed by atoms with Gasteiger partial charge in [0, 0.05) is 6.42 Å². The Bertz CT molecular complexity index is 701. The van der Waals surface area contributed by atoms with Crippen LogP contribution in [0.1, 0.15) is 23.4 Å². The number of carbonyl (C=O) groups excluding carboxylic acids is 1. The molecule has 1 amide bonds. The highest BCUT2D eigenvalue weighted by molar-refractivity contribution is 5.78. The zero-order chi connectivity index (χ0) is 17.6. The number of aryl methyl sites for hydroxylation is 1. The van der Waals surface area contributed by atoms with Crippen molar-refractivity contribution in [3.8, 4) is 5.75 Å². The van der Waals surface area contributed by atoms with Gasteiger partial charge in [0.25, 0.3) is 0 Å². The van der Waals surface area contributed by atoms with E-state index in [0.717, 1.165) is 5.56 Å². The Morgan fingerprint density at radius 3 is 2.84 bits per heavy atom. The number of benzene rings is 1. The molecule has 134 valence electrons. The maximum atomic E-state index is 12.3. The smallest absolute Gasteiger partial charge is 0.226 e. The van der Waals surface area contributed by atoms with Crippen LogP contribution < -0.4 is 10.1 Å². The van der Waals surface area contributed by atoms with Gasteiger partial charge in [0.1, 0.15) is 23.2 Å². The number of aliphatic hydroxyl groups is 1. The number of nitrogens with one attached hydrogen (secondary N) is 1. The fourth-order valence-corrected chi connectivity index (χ4v) is 2.66. The van der Waals surface area contributed by atoms with E-state index in [9.17, 15) is 4.79 Å². The van der Waals surface area contributed by atoms with Crippen LogP contribution in [0.3, 0.4) is 0 Å². The summed E-state index contributed by atoms with van der Waals surface area (Å²) in [5.74, 6) is 0.512. The molecule has 8 nitrogen and oxygen atoms in total. The third kappa shape index (κ3) is 4.55. The summed E-state index contributed by atoms with van der Waals surface area (Å²) in [4.78, 5) is 12.3. The zero-order valence-corrected chi connectivity index (χ0v) is 14.0. The largest absolute Gasteiger partial charge is 0.488 e. The Labute approximate surface area is 145 Å². The molecule has 1 aliphatic rings. The molecule has 8 heteroatoms. The fourth-order valence-electron chi connectivity index (χ4n) is 2.66. The minimum atomic E-state index is -0.251. The quantitative estimate of drug-likeness (QED) is 0.794. The molecule has 1 saturated heterocycles. The molecule has 1 aromatic heterocycles. The van der Waals surface area contributed by atoms with Crippen LogP contribution in [0, 0.1) is 6.92 Å². The lowest BCUT2D eigenvalue weighted by atomic mass is 10.1. The average molecular weight is 347 g/mol. The summed E-state index contributed by atoms with van der Waals surface area (Å²) < 4.78 is 16.1. The van der Waals surface area contributed by atoms with E-state index in [4.69, 9.17) is 14.6 Å². The molecule has 0 aliphatic carbocycles. The van der Waals surface area contributed by atoms with Crippen molar-refractivity contribution in [2.45, 2.75) is 38.5 Å². The first-order valence-corrected chi connectivity index (χ1v) is 8.17. The van der Waals surface area contributed by atoms with Gasteiger partial charge in [-0.2, -0.15) is 0 Å². The summed E-state index contributed by atoms with van der Waals surface area (Å²) in [6.45, 7) is 2.70. The van der Waals surface area contributed by atoms with E-state index in [1.807, 2.05) is 24.3 Å². The molecule has 2 N–H and O–H groups in total. The van der Waals surface area contributed by atoms with Gasteiger partial charge in [0.15, 0.2) is 0 Å². The molecule has 1 aromatic carbocycles. The third-order valence-electron chi connectivity index (χ3n) is 4.11. The van der Waals surface area contributed by atoms with Gasteiger partial charge >= 0.3 is 0 Å². The Morgan fingerprint density at radius 2 is 2.16 bits per heavy atom. The van der Waals surface area contributed by atoms with Crippen LogP contribution in [-0.4, -0.2) is 46.7 Å². The van der Waals surface area contributed by atoms with E-state index in [2.05, 4.69) is 20.3 Å². The summed E-state index contributed by atoms with van der Waals surface area (Å²) >= 11 is 0. The molecule has 25 heavy (non-hydrogen) atoms. The topological polar surface area (TPSA) is 107 Å². The molecule has 2 aromatic rings. The van der Waals surface area contributed by atoms with Crippen LogP contribution in [0.2, 0.25) is 0 Å². The van der Waals surface area contributed by atoms with Gasteiger partial charge in [0.2, 0.25) is 5.91 Å². The van der Waals surface area contributed by atoms with Gasteiger partial charge in [-0.05, 0) is 24.6 Å². The van der Waals surface area contributed by atoms with Crippen molar-refractivity contribution in [1.82, 2.24) is 15.6 Å². The predicted molar refractivity (Wildman–Crippen MR) is 86.9 cm³/mol. The van der Waals surface area contributed by atoms with Gasteiger partial charge in [-0.25, -0.2) is 4.63 Å². The van der Waals surface area contributed by atoms with Crippen molar-refractivity contribution in [1.29, 1.82) is 0 Å². The second kappa shape index (κ2) is 8.09. The number of hydrogen-bond donors (Lipinski definition) is 2. The van der Waals surface area contributed by atoms with Crippen LogP contribution >= 0.6 is 0 Å². The summed E-state index contributed by atoms with van der Waals surface area (Å²) in [7, 11) is 0. The number of aromatic nitrogens is 2. The lowest BCUT2D eigenvalue weighted by molar-refractivity contribution is -0.123. The normalized spacial score (nSPS) is 20.2. The third-order valence-corrected chi connectivity index (χ3v) is 4.11. The summed E-state index contributed by atoms with van der Waals surface area (Å²) in [6.07, 6.45) is 0.593. The first kappa shape index (κ1) is 17.4. The zero-order valence-electron chi connectivity index (χ0n) is 14.0. The molecule has 2 heterocycles. The van der Waals surface area contributed by atoms with Crippen molar-refractivity contribution < 1.29 is 24.0 Å². The first-order chi connectivity index (χ1) is 12.2. The van der Waals surface area contributed by atoms with E-state index in [1.54, 1.807) is 6.92 Å². The van der Waals surface area contributed by atoms with Crippen molar-refractivity contribution in [3.05, 3.63) is 41.2 Å². The summed E-state index contributed by atoms with van der Waals surface area (Å²) in [5.41, 5.74) is 1.94. The highest BCUT2D eigenvalue weighted by atomic mass is 16.6. The molecule has 2 atom stereocenters. The van der Waals surface area contributed by atoms with Crippen molar-refractivity contribution in [2.24, 2.45) is 0 Å². The Balaban J connectivity index is 1.60. The van der Waals surface area contributed by atoms with Crippen LogP contribution in [0.25, 0.3) is 0 Å². The molecule has 1 fully saturated rings. The maximum absolute atomic E-state index is 12.3. The van der Waals surface area contributed by atoms with E-state index in [0.29, 0.717) is 36.8 Å². The first-order valence-electron chi connectivity index (χ1n) is 8.17. The van der Waals surface area contributed by atoms with Crippen LogP contribution in [0.5, 0.6) is 5.75 Å². The summed E-state index contributed by atoms with van der Waals surface area (Å²) in [6, 6.07) is 6.98. The van der Waals surface area contributed by atoms with E-state index < -0.39 is 0 Å². The minimum absolute atomic E-state index is 0.00739. The second-order valence-corrected chi connectivity index (χ2v) is 5.97. The number of amides is 1. The highest BCUT2D eigenvalue weighted by Crippen LogP contribution is 2.19. The number of aliphatic hydroxyl groups excluding tert-OH is 1. The van der Waals surface area contributed by atoms with E-state index >= 15 is 0 Å². The molecular weight excluding hydrogens is 326 g/mol. The number of hydrogen-bond acceptors (Lipinski definition) is 7. The lowest BCUT2D eigenvalue weighted by Gasteiger charge is -2.32. The van der Waals surface area contributed by atoms with Crippen LogP contribution in [-0.2, 0) is 22.6 Å². The monoisotopic (exact) mass is 347 g/mol. The van der Waals surface area contributed by atoms with Crippen LogP contribution in [0.15, 0.2) is 28.9 Å². The lowest BCUT2D eigenvalue weighted by Crippen LogP contribution is -2.52. The maximum Gasteiger partial charge on any atom is 0.226 e. The Kier molecular flexibility index (Phi) is 5.62. The molecule has 1 aliphatic heterocycles. The average Bonchev–Trinajstić information content (AvgIpc) is 3.02. The van der Waals surface area contributed by atoms with Crippen molar-refractivity contribution >= 4 is 5.91 Å². The van der Waals surface area contributed by atoms with E-state index in [-0.39, 0.29) is 31.1 Å². The van der Waals surface area contributed by atoms with Crippen molar-refractivity contribution in [2.75, 3.05) is 13.2 Å². The number of rotatable bonds is 6. The fraction of sp³-hybridized carbons (Fsp3) is 0.471. The molecule has 3 rings (SSSR count). The SMILES string of the molecule is Cc1nonc1CC(=O)N[C@@H]1COCC[C@H]1Oc1ccc(CO)cc1.